The number of hydrogen-bond acceptors (Lipinski definition) is 2. The van der Waals surface area contributed by atoms with E-state index >= 15 is 0 Å². The molecule has 0 radical (unpaired) electrons. The van der Waals surface area contributed by atoms with Crippen molar-refractivity contribution in [3.63, 3.8) is 0 Å². The molecule has 0 amide bonds. The van der Waals surface area contributed by atoms with Crippen molar-refractivity contribution in [3.8, 4) is 0 Å². The zero-order chi connectivity index (χ0) is 13.0. The number of rotatable bonds is 5. The van der Waals surface area contributed by atoms with Crippen LogP contribution in [0.25, 0.3) is 0 Å². The van der Waals surface area contributed by atoms with Crippen LogP contribution in [0, 0.1) is 11.3 Å². The Balaban J connectivity index is 1.77. The quantitative estimate of drug-likeness (QED) is 0.808. The maximum Gasteiger partial charge on any atom is 0.0107 e. The van der Waals surface area contributed by atoms with Gasteiger partial charge in [0.1, 0.15) is 0 Å². The van der Waals surface area contributed by atoms with E-state index in [9.17, 15) is 0 Å². The molecule has 1 N–H and O–H groups in total. The molecule has 2 nitrogen and oxygen atoms in total. The molecular formula is C16H32N2. The van der Waals surface area contributed by atoms with Gasteiger partial charge in [0.15, 0.2) is 0 Å². The van der Waals surface area contributed by atoms with Gasteiger partial charge in [0.05, 0.1) is 0 Å². The molecule has 2 rings (SSSR count). The summed E-state index contributed by atoms with van der Waals surface area (Å²) in [5.41, 5.74) is 0.632. The van der Waals surface area contributed by atoms with Gasteiger partial charge in [-0.25, -0.2) is 0 Å². The maximum absolute atomic E-state index is 3.68. The number of nitrogens with one attached hydrogen (secondary N) is 1. The summed E-state index contributed by atoms with van der Waals surface area (Å²) >= 11 is 0. The summed E-state index contributed by atoms with van der Waals surface area (Å²) in [5.74, 6) is 0.913. The first kappa shape index (κ1) is 14.3. The maximum atomic E-state index is 3.68. The average Bonchev–Trinajstić information content (AvgIpc) is 2.81. The molecule has 1 heterocycles. The van der Waals surface area contributed by atoms with Crippen LogP contribution in [0.15, 0.2) is 0 Å². The van der Waals surface area contributed by atoms with Crippen molar-refractivity contribution in [1.29, 1.82) is 0 Å². The zero-order valence-corrected chi connectivity index (χ0v) is 12.7. The van der Waals surface area contributed by atoms with E-state index in [0.29, 0.717) is 5.41 Å². The third-order valence-electron chi connectivity index (χ3n) is 5.53. The van der Waals surface area contributed by atoms with Crippen molar-refractivity contribution in [2.45, 2.75) is 65.3 Å². The summed E-state index contributed by atoms with van der Waals surface area (Å²) in [6.45, 7) is 12.2. The monoisotopic (exact) mass is 252 g/mol. The van der Waals surface area contributed by atoms with E-state index in [1.54, 1.807) is 0 Å². The molecular weight excluding hydrogens is 220 g/mol. The minimum absolute atomic E-state index is 0.632. The third-order valence-corrected chi connectivity index (χ3v) is 5.53. The van der Waals surface area contributed by atoms with Crippen molar-refractivity contribution in [2.75, 3.05) is 26.2 Å². The highest BCUT2D eigenvalue weighted by Crippen LogP contribution is 2.35. The number of likely N-dealkylation sites (tertiary alicyclic amines) is 1. The van der Waals surface area contributed by atoms with Crippen molar-refractivity contribution < 1.29 is 0 Å². The van der Waals surface area contributed by atoms with E-state index in [2.05, 4.69) is 31.0 Å². The van der Waals surface area contributed by atoms with Gasteiger partial charge in [-0.15, -0.1) is 0 Å². The van der Waals surface area contributed by atoms with Gasteiger partial charge >= 0.3 is 0 Å². The lowest BCUT2D eigenvalue weighted by atomic mass is 9.78. The second-order valence-electron chi connectivity index (χ2n) is 6.82. The van der Waals surface area contributed by atoms with Crippen molar-refractivity contribution in [2.24, 2.45) is 11.3 Å². The van der Waals surface area contributed by atoms with Crippen molar-refractivity contribution in [3.05, 3.63) is 0 Å². The average molecular weight is 252 g/mol. The van der Waals surface area contributed by atoms with Crippen LogP contribution in [-0.4, -0.2) is 37.1 Å². The number of hydrogen-bond donors (Lipinski definition) is 1. The summed E-state index contributed by atoms with van der Waals surface area (Å²) in [7, 11) is 0. The van der Waals surface area contributed by atoms with Crippen molar-refractivity contribution >= 4 is 0 Å². The highest BCUT2D eigenvalue weighted by Gasteiger charge is 2.32. The highest BCUT2D eigenvalue weighted by molar-refractivity contribution is 4.87. The fraction of sp³-hybridized carbons (Fsp3) is 1.00. The molecule has 0 bridgehead atoms. The largest absolute Gasteiger partial charge is 0.314 e. The van der Waals surface area contributed by atoms with Crippen LogP contribution in [0.2, 0.25) is 0 Å². The van der Waals surface area contributed by atoms with Gasteiger partial charge < -0.3 is 10.2 Å². The summed E-state index contributed by atoms with van der Waals surface area (Å²) in [6.07, 6.45) is 8.44. The van der Waals surface area contributed by atoms with Gasteiger partial charge in [-0.1, -0.05) is 33.6 Å². The molecule has 1 saturated heterocycles. The van der Waals surface area contributed by atoms with Crippen molar-refractivity contribution in [1.82, 2.24) is 10.2 Å². The highest BCUT2D eigenvalue weighted by atomic mass is 15.1. The Hall–Kier alpha value is -0.0800. The van der Waals surface area contributed by atoms with E-state index in [4.69, 9.17) is 0 Å². The second-order valence-corrected chi connectivity index (χ2v) is 6.82. The molecule has 2 atom stereocenters. The minimum atomic E-state index is 0.632. The van der Waals surface area contributed by atoms with Crippen LogP contribution in [0.5, 0.6) is 0 Å². The van der Waals surface area contributed by atoms with Crippen LogP contribution >= 0.6 is 0 Å². The summed E-state index contributed by atoms with van der Waals surface area (Å²) in [6, 6.07) is 0.800. The molecule has 1 aliphatic heterocycles. The first-order chi connectivity index (χ1) is 8.67. The van der Waals surface area contributed by atoms with Crippen LogP contribution in [-0.2, 0) is 0 Å². The Morgan fingerprint density at radius 3 is 2.50 bits per heavy atom. The van der Waals surface area contributed by atoms with E-state index in [1.807, 2.05) is 0 Å². The lowest BCUT2D eigenvalue weighted by Crippen LogP contribution is -2.44. The smallest absolute Gasteiger partial charge is 0.0107 e. The molecule has 1 aliphatic carbocycles. The van der Waals surface area contributed by atoms with Gasteiger partial charge in [0.25, 0.3) is 0 Å². The second kappa shape index (κ2) is 6.38. The number of nitrogens with zero attached hydrogens (tertiary/aromatic N) is 1. The van der Waals surface area contributed by atoms with Gasteiger partial charge in [0.2, 0.25) is 0 Å². The summed E-state index contributed by atoms with van der Waals surface area (Å²) in [4.78, 5) is 2.73. The molecule has 0 aromatic heterocycles. The van der Waals surface area contributed by atoms with Gasteiger partial charge in [-0.2, -0.15) is 0 Å². The molecule has 2 heteroatoms. The fourth-order valence-electron chi connectivity index (χ4n) is 3.75. The molecule has 18 heavy (non-hydrogen) atoms. The third kappa shape index (κ3) is 3.48. The van der Waals surface area contributed by atoms with E-state index < -0.39 is 0 Å². The molecule has 0 aromatic rings. The summed E-state index contributed by atoms with van der Waals surface area (Å²) in [5, 5.41) is 3.68. The molecule has 106 valence electrons. The Morgan fingerprint density at radius 2 is 1.89 bits per heavy atom. The van der Waals surface area contributed by atoms with Crippen LogP contribution < -0.4 is 5.32 Å². The van der Waals surface area contributed by atoms with E-state index in [-0.39, 0.29) is 0 Å². The first-order valence-corrected chi connectivity index (χ1v) is 8.12. The molecule has 2 unspecified atom stereocenters. The first-order valence-electron chi connectivity index (χ1n) is 8.12. The Bertz CT molecular complexity index is 243. The molecule has 1 saturated carbocycles. The van der Waals surface area contributed by atoms with Gasteiger partial charge in [-0.3, -0.25) is 0 Å². The predicted octanol–water partition coefficient (Wildman–Crippen LogP) is 3.28. The van der Waals surface area contributed by atoms with E-state index in [1.165, 1.54) is 58.2 Å². The number of piperidine rings is 1. The Labute approximate surface area is 114 Å². The van der Waals surface area contributed by atoms with Crippen LogP contribution in [0.4, 0.5) is 0 Å². The van der Waals surface area contributed by atoms with E-state index in [0.717, 1.165) is 18.5 Å². The molecule has 0 spiro atoms. The zero-order valence-electron chi connectivity index (χ0n) is 12.7. The van der Waals surface area contributed by atoms with Gasteiger partial charge in [0, 0.05) is 12.6 Å². The Kier molecular flexibility index (Phi) is 5.08. The lowest BCUT2D eigenvalue weighted by molar-refractivity contribution is 0.0978. The topological polar surface area (TPSA) is 15.3 Å². The minimum Gasteiger partial charge on any atom is -0.314 e. The molecule has 2 aliphatic rings. The standard InChI is InChI=1S/C16H32N2/c1-4-16(3)9-11-18(12-10-16)13-14-7-6-8-15(14)17-5-2/h14-15,17H,4-13H2,1-3H3. The predicted molar refractivity (Wildman–Crippen MR) is 78.9 cm³/mol. The SMILES string of the molecule is CCNC1CCCC1CN1CCC(C)(CC)CC1. The normalized spacial score (nSPS) is 32.8. The van der Waals surface area contributed by atoms with Crippen LogP contribution in [0.1, 0.15) is 59.3 Å². The summed E-state index contributed by atoms with van der Waals surface area (Å²) < 4.78 is 0. The van der Waals surface area contributed by atoms with Gasteiger partial charge in [-0.05, 0) is 56.7 Å². The molecule has 2 fully saturated rings. The van der Waals surface area contributed by atoms with Crippen LogP contribution in [0.3, 0.4) is 0 Å². The lowest BCUT2D eigenvalue weighted by Gasteiger charge is -2.40. The fourth-order valence-corrected chi connectivity index (χ4v) is 3.75. The molecule has 0 aromatic carbocycles. The Morgan fingerprint density at radius 1 is 1.17 bits per heavy atom.